The van der Waals surface area contributed by atoms with Gasteiger partial charge in [0.25, 0.3) is 5.91 Å². The van der Waals surface area contributed by atoms with Crippen LogP contribution < -0.4 is 15.4 Å². The van der Waals surface area contributed by atoms with E-state index in [-0.39, 0.29) is 18.4 Å². The third-order valence-electron chi connectivity index (χ3n) is 4.05. The van der Waals surface area contributed by atoms with E-state index in [4.69, 9.17) is 10.00 Å². The van der Waals surface area contributed by atoms with Crippen LogP contribution in [0.3, 0.4) is 0 Å². The first-order valence-electron chi connectivity index (χ1n) is 8.94. The van der Waals surface area contributed by atoms with E-state index in [2.05, 4.69) is 10.6 Å². The number of anilines is 1. The summed E-state index contributed by atoms with van der Waals surface area (Å²) in [5.41, 5.74) is 1.46. The zero-order valence-electron chi connectivity index (χ0n) is 15.5. The lowest BCUT2D eigenvalue weighted by Gasteiger charge is -2.18. The van der Waals surface area contributed by atoms with Crippen LogP contribution in [0.1, 0.15) is 15.2 Å². The summed E-state index contributed by atoms with van der Waals surface area (Å²) in [6.45, 7) is -0.0785. The van der Waals surface area contributed by atoms with Gasteiger partial charge < -0.3 is 15.4 Å². The maximum atomic E-state index is 12.9. The molecule has 0 saturated heterocycles. The van der Waals surface area contributed by atoms with Crippen molar-refractivity contribution in [1.29, 1.82) is 5.26 Å². The lowest BCUT2D eigenvalue weighted by atomic mass is 10.0. The standard InChI is InChI=1S/C22H19N3O3S/c23-11-12-28-18-9-4-8-17(15-18)24-21(26)19(14-16-6-2-1-3-7-16)25-22(27)20-10-5-13-29-20/h1-10,13,15,19H,12,14H2,(H,24,26)(H,25,27). The molecule has 0 radical (unpaired) electrons. The van der Waals surface area contributed by atoms with E-state index >= 15 is 0 Å². The van der Waals surface area contributed by atoms with Gasteiger partial charge in [0.15, 0.2) is 6.61 Å². The molecule has 2 amide bonds. The number of nitrogens with zero attached hydrogens (tertiary/aromatic N) is 1. The highest BCUT2D eigenvalue weighted by molar-refractivity contribution is 7.12. The van der Waals surface area contributed by atoms with E-state index in [0.717, 1.165) is 5.56 Å². The maximum Gasteiger partial charge on any atom is 0.262 e. The number of nitriles is 1. The number of amides is 2. The molecule has 146 valence electrons. The van der Waals surface area contributed by atoms with Crippen molar-refractivity contribution >= 4 is 28.8 Å². The molecular weight excluding hydrogens is 386 g/mol. The van der Waals surface area contributed by atoms with Crippen molar-refractivity contribution in [3.63, 3.8) is 0 Å². The van der Waals surface area contributed by atoms with Gasteiger partial charge in [-0.2, -0.15) is 5.26 Å². The Labute approximate surface area is 172 Å². The first kappa shape index (κ1) is 20.1. The molecule has 0 aliphatic rings. The van der Waals surface area contributed by atoms with Gasteiger partial charge in [-0.15, -0.1) is 11.3 Å². The monoisotopic (exact) mass is 405 g/mol. The fraction of sp³-hybridized carbons (Fsp3) is 0.136. The van der Waals surface area contributed by atoms with E-state index in [1.54, 1.807) is 36.4 Å². The number of hydrogen-bond donors (Lipinski definition) is 2. The Bertz CT molecular complexity index is 998. The molecule has 0 aliphatic heterocycles. The molecule has 0 aliphatic carbocycles. The molecule has 6 nitrogen and oxygen atoms in total. The summed E-state index contributed by atoms with van der Waals surface area (Å²) >= 11 is 1.32. The normalized spacial score (nSPS) is 11.1. The fourth-order valence-corrected chi connectivity index (χ4v) is 3.33. The molecule has 7 heteroatoms. The van der Waals surface area contributed by atoms with Crippen LogP contribution in [0.25, 0.3) is 0 Å². The summed E-state index contributed by atoms with van der Waals surface area (Å²) in [6.07, 6.45) is 0.356. The quantitative estimate of drug-likeness (QED) is 0.599. The third-order valence-corrected chi connectivity index (χ3v) is 4.92. The minimum atomic E-state index is -0.754. The average Bonchev–Trinajstić information content (AvgIpc) is 3.28. The predicted octanol–water partition coefficient (Wildman–Crippen LogP) is 3.63. The number of rotatable bonds is 8. The van der Waals surface area contributed by atoms with E-state index in [1.165, 1.54) is 11.3 Å². The molecule has 2 aromatic carbocycles. The van der Waals surface area contributed by atoms with Crippen LogP contribution in [-0.2, 0) is 11.2 Å². The van der Waals surface area contributed by atoms with Crippen molar-refractivity contribution in [2.45, 2.75) is 12.5 Å². The van der Waals surface area contributed by atoms with E-state index in [0.29, 0.717) is 22.7 Å². The number of benzene rings is 2. The smallest absolute Gasteiger partial charge is 0.262 e. The summed E-state index contributed by atoms with van der Waals surface area (Å²) in [6, 6.07) is 20.9. The van der Waals surface area contributed by atoms with Crippen LogP contribution >= 0.6 is 11.3 Å². The molecule has 2 N–H and O–H groups in total. The van der Waals surface area contributed by atoms with Crippen molar-refractivity contribution in [2.24, 2.45) is 0 Å². The number of hydrogen-bond acceptors (Lipinski definition) is 5. The van der Waals surface area contributed by atoms with Crippen LogP contribution in [0.5, 0.6) is 5.75 Å². The minimum absolute atomic E-state index is 0.0785. The molecule has 1 unspecified atom stereocenters. The molecule has 0 saturated carbocycles. The van der Waals surface area contributed by atoms with Gasteiger partial charge in [0.05, 0.1) is 4.88 Å². The van der Waals surface area contributed by atoms with Crippen molar-refractivity contribution in [1.82, 2.24) is 5.32 Å². The second-order valence-electron chi connectivity index (χ2n) is 6.16. The topological polar surface area (TPSA) is 91.2 Å². The Hall–Kier alpha value is -3.63. The Kier molecular flexibility index (Phi) is 6.98. The van der Waals surface area contributed by atoms with Crippen molar-refractivity contribution in [3.8, 4) is 11.8 Å². The highest BCUT2D eigenvalue weighted by atomic mass is 32.1. The second kappa shape index (κ2) is 10.1. The Morgan fingerprint density at radius 1 is 1.07 bits per heavy atom. The number of carbonyl (C=O) groups excluding carboxylic acids is 2. The largest absolute Gasteiger partial charge is 0.479 e. The van der Waals surface area contributed by atoms with Gasteiger partial charge in [0.1, 0.15) is 17.9 Å². The lowest BCUT2D eigenvalue weighted by Crippen LogP contribution is -2.45. The molecule has 3 rings (SSSR count). The molecule has 29 heavy (non-hydrogen) atoms. The Morgan fingerprint density at radius 2 is 1.90 bits per heavy atom. The van der Waals surface area contributed by atoms with Gasteiger partial charge in [-0.25, -0.2) is 0 Å². The summed E-state index contributed by atoms with van der Waals surface area (Å²) in [5, 5.41) is 16.1. The van der Waals surface area contributed by atoms with Gasteiger partial charge in [0.2, 0.25) is 5.91 Å². The van der Waals surface area contributed by atoms with E-state index < -0.39 is 6.04 Å². The van der Waals surface area contributed by atoms with E-state index in [9.17, 15) is 9.59 Å². The molecule has 1 atom stereocenters. The van der Waals surface area contributed by atoms with Gasteiger partial charge >= 0.3 is 0 Å². The first-order valence-corrected chi connectivity index (χ1v) is 9.82. The van der Waals surface area contributed by atoms with Crippen LogP contribution in [0.2, 0.25) is 0 Å². The SMILES string of the molecule is N#CCOc1cccc(NC(=O)C(Cc2ccccc2)NC(=O)c2cccs2)c1. The Morgan fingerprint density at radius 3 is 2.62 bits per heavy atom. The minimum Gasteiger partial charge on any atom is -0.479 e. The summed E-state index contributed by atoms with van der Waals surface area (Å²) in [7, 11) is 0. The van der Waals surface area contributed by atoms with Crippen molar-refractivity contribution in [2.75, 3.05) is 11.9 Å². The summed E-state index contributed by atoms with van der Waals surface area (Å²) < 4.78 is 5.27. The zero-order valence-corrected chi connectivity index (χ0v) is 16.3. The lowest BCUT2D eigenvalue weighted by molar-refractivity contribution is -0.118. The zero-order chi connectivity index (χ0) is 20.5. The fourth-order valence-electron chi connectivity index (χ4n) is 2.70. The third kappa shape index (κ3) is 5.92. The number of carbonyl (C=O) groups is 2. The van der Waals surface area contributed by atoms with Crippen molar-refractivity contribution in [3.05, 3.63) is 82.6 Å². The highest BCUT2D eigenvalue weighted by Crippen LogP contribution is 2.18. The molecule has 3 aromatic rings. The van der Waals surface area contributed by atoms with Crippen LogP contribution in [0.4, 0.5) is 5.69 Å². The van der Waals surface area contributed by atoms with Crippen molar-refractivity contribution < 1.29 is 14.3 Å². The number of thiophene rings is 1. The van der Waals surface area contributed by atoms with Gasteiger partial charge in [0, 0.05) is 18.2 Å². The average molecular weight is 405 g/mol. The molecule has 1 aromatic heterocycles. The predicted molar refractivity (Wildman–Crippen MR) is 112 cm³/mol. The number of ether oxygens (including phenoxy) is 1. The van der Waals surface area contributed by atoms with Gasteiger partial charge in [-0.1, -0.05) is 42.5 Å². The highest BCUT2D eigenvalue weighted by Gasteiger charge is 2.22. The summed E-state index contributed by atoms with van der Waals surface area (Å²) in [5.74, 6) is -0.148. The van der Waals surface area contributed by atoms with Crippen LogP contribution in [-0.4, -0.2) is 24.5 Å². The molecule has 0 spiro atoms. The maximum absolute atomic E-state index is 12.9. The molecule has 1 heterocycles. The van der Waals surface area contributed by atoms with Gasteiger partial charge in [-0.05, 0) is 29.1 Å². The van der Waals surface area contributed by atoms with Crippen LogP contribution in [0, 0.1) is 11.3 Å². The van der Waals surface area contributed by atoms with E-state index in [1.807, 2.05) is 41.8 Å². The van der Waals surface area contributed by atoms with Crippen LogP contribution in [0.15, 0.2) is 72.1 Å². The Balaban J connectivity index is 1.74. The van der Waals surface area contributed by atoms with Gasteiger partial charge in [-0.3, -0.25) is 9.59 Å². The first-order chi connectivity index (χ1) is 14.2. The number of nitrogens with one attached hydrogen (secondary N) is 2. The summed E-state index contributed by atoms with van der Waals surface area (Å²) in [4.78, 5) is 26.0. The molecule has 0 fully saturated rings. The molecule has 0 bridgehead atoms. The molecular formula is C22H19N3O3S. The second-order valence-corrected chi connectivity index (χ2v) is 7.10.